The number of aromatic amines is 1. The molecule has 0 aliphatic heterocycles. The van der Waals surface area contributed by atoms with Crippen molar-refractivity contribution in [2.75, 3.05) is 0 Å². The molecule has 2 aromatic rings. The minimum Gasteiger partial charge on any atom is -0.507 e. The number of hydrogen-bond donors (Lipinski definition) is 1. The molecule has 0 saturated carbocycles. The van der Waals surface area contributed by atoms with Crippen LogP contribution in [0.1, 0.15) is 0 Å². The number of benzene rings is 1. The molecular weight excluding hydrogens is 138 g/mol. The Morgan fingerprint density at radius 3 is 2.82 bits per heavy atom. The molecule has 1 heterocycles. The fourth-order valence-electron chi connectivity index (χ4n) is 1.14. The quantitative estimate of drug-likeness (QED) is 0.598. The molecule has 1 aromatic carbocycles. The molecule has 0 fully saturated rings. The van der Waals surface area contributed by atoms with Gasteiger partial charge in [0.2, 0.25) is 5.52 Å². The Morgan fingerprint density at radius 1 is 1.09 bits per heavy atom. The summed E-state index contributed by atoms with van der Waals surface area (Å²) in [6, 6.07) is 9.16. The summed E-state index contributed by atoms with van der Waals surface area (Å²) in [6.07, 6.45) is 1.84. The lowest BCUT2D eigenvalue weighted by atomic mass is 10.2. The zero-order valence-electron chi connectivity index (χ0n) is 5.91. The summed E-state index contributed by atoms with van der Waals surface area (Å²) < 4.78 is 0. The van der Waals surface area contributed by atoms with Crippen LogP contribution in [0.25, 0.3) is 10.9 Å². The van der Waals surface area contributed by atoms with E-state index in [1.54, 1.807) is 6.07 Å². The molecule has 0 aliphatic rings. The molecule has 0 saturated heterocycles. The average molecular weight is 146 g/mol. The fourth-order valence-corrected chi connectivity index (χ4v) is 1.14. The van der Waals surface area contributed by atoms with E-state index in [0.29, 0.717) is 5.75 Å². The lowest BCUT2D eigenvalue weighted by Crippen LogP contribution is -2.00. The van der Waals surface area contributed by atoms with Crippen LogP contribution in [0.4, 0.5) is 0 Å². The molecule has 54 valence electrons. The van der Waals surface area contributed by atoms with Gasteiger partial charge in [-0.05, 0) is 12.1 Å². The number of rotatable bonds is 0. The molecule has 0 spiro atoms. The van der Waals surface area contributed by atoms with Gasteiger partial charge in [-0.2, -0.15) is 0 Å². The van der Waals surface area contributed by atoms with E-state index in [2.05, 4.69) is 4.98 Å². The van der Waals surface area contributed by atoms with Crippen molar-refractivity contribution >= 4 is 10.9 Å². The highest BCUT2D eigenvalue weighted by molar-refractivity contribution is 5.81. The van der Waals surface area contributed by atoms with Crippen LogP contribution in [0.2, 0.25) is 0 Å². The van der Waals surface area contributed by atoms with Gasteiger partial charge in [0.15, 0.2) is 6.20 Å². The Labute approximate surface area is 64.1 Å². The van der Waals surface area contributed by atoms with Gasteiger partial charge in [-0.15, -0.1) is 0 Å². The Hall–Kier alpha value is -1.57. The first-order chi connectivity index (χ1) is 5.38. The molecule has 2 N–H and O–H groups in total. The van der Waals surface area contributed by atoms with Crippen molar-refractivity contribution in [2.24, 2.45) is 0 Å². The summed E-state index contributed by atoms with van der Waals surface area (Å²) in [5, 5.41) is 10.2. The monoisotopic (exact) mass is 146 g/mol. The summed E-state index contributed by atoms with van der Waals surface area (Å²) in [6.45, 7) is 0. The highest BCUT2D eigenvalue weighted by atomic mass is 16.3. The number of phenolic OH excluding ortho intramolecular Hbond substituents is 1. The summed E-state index contributed by atoms with van der Waals surface area (Å²) in [7, 11) is 0. The van der Waals surface area contributed by atoms with Gasteiger partial charge >= 0.3 is 0 Å². The van der Waals surface area contributed by atoms with E-state index in [-0.39, 0.29) is 0 Å². The number of fused-ring (bicyclic) bond motifs is 1. The highest BCUT2D eigenvalue weighted by Crippen LogP contribution is 2.19. The predicted molar refractivity (Wildman–Crippen MR) is 42.2 cm³/mol. The number of nitrogens with one attached hydrogen (secondary N) is 1. The van der Waals surface area contributed by atoms with Gasteiger partial charge in [0.25, 0.3) is 0 Å². The average Bonchev–Trinajstić information content (AvgIpc) is 2.06. The van der Waals surface area contributed by atoms with Gasteiger partial charge in [0.05, 0.1) is 5.39 Å². The van der Waals surface area contributed by atoms with Gasteiger partial charge in [-0.25, -0.2) is 4.98 Å². The van der Waals surface area contributed by atoms with Gasteiger partial charge in [0, 0.05) is 12.1 Å². The van der Waals surface area contributed by atoms with Crippen molar-refractivity contribution in [2.45, 2.75) is 0 Å². The second-order valence-electron chi connectivity index (χ2n) is 2.41. The number of phenols is 1. The topological polar surface area (TPSA) is 34.4 Å². The van der Waals surface area contributed by atoms with Gasteiger partial charge in [0.1, 0.15) is 5.75 Å². The zero-order chi connectivity index (χ0) is 7.68. The van der Waals surface area contributed by atoms with E-state index in [9.17, 15) is 5.11 Å². The predicted octanol–water partition coefficient (Wildman–Crippen LogP) is 1.36. The largest absolute Gasteiger partial charge is 0.507 e. The van der Waals surface area contributed by atoms with Crippen molar-refractivity contribution in [3.8, 4) is 5.75 Å². The third-order valence-electron chi connectivity index (χ3n) is 1.68. The highest BCUT2D eigenvalue weighted by Gasteiger charge is 2.00. The first-order valence-corrected chi connectivity index (χ1v) is 3.46. The smallest absolute Gasteiger partial charge is 0.214 e. The summed E-state index contributed by atoms with van der Waals surface area (Å²) in [4.78, 5) is 3.03. The van der Waals surface area contributed by atoms with Gasteiger partial charge in [-0.3, -0.25) is 0 Å². The number of aromatic nitrogens is 1. The van der Waals surface area contributed by atoms with Crippen molar-refractivity contribution in [1.82, 2.24) is 0 Å². The second kappa shape index (κ2) is 2.23. The Morgan fingerprint density at radius 2 is 2.00 bits per heavy atom. The number of H-pyrrole nitrogens is 1. The molecule has 0 unspecified atom stereocenters. The normalized spacial score (nSPS) is 10.2. The van der Waals surface area contributed by atoms with Crippen LogP contribution in [0.15, 0.2) is 36.5 Å². The third kappa shape index (κ3) is 0.923. The van der Waals surface area contributed by atoms with Crippen LogP contribution in [0.3, 0.4) is 0 Å². The van der Waals surface area contributed by atoms with E-state index in [1.807, 2.05) is 30.5 Å². The lowest BCUT2D eigenvalue weighted by molar-refractivity contribution is -0.344. The SMILES string of the molecule is Oc1cccc2[nH+]cccc12. The molecule has 0 atom stereocenters. The molecular formula is C9H8NO+. The van der Waals surface area contributed by atoms with Crippen LogP contribution >= 0.6 is 0 Å². The Bertz CT molecular complexity index is 379. The van der Waals surface area contributed by atoms with E-state index >= 15 is 0 Å². The van der Waals surface area contributed by atoms with Crippen LogP contribution in [0, 0.1) is 0 Å². The molecule has 1 aromatic heterocycles. The molecule has 11 heavy (non-hydrogen) atoms. The first kappa shape index (κ1) is 6.16. The van der Waals surface area contributed by atoms with Crippen molar-refractivity contribution < 1.29 is 10.1 Å². The molecule has 0 aliphatic carbocycles. The fraction of sp³-hybridized carbons (Fsp3) is 0. The minimum atomic E-state index is 0.319. The molecule has 2 heteroatoms. The van der Waals surface area contributed by atoms with Crippen molar-refractivity contribution in [1.29, 1.82) is 0 Å². The maximum absolute atomic E-state index is 9.35. The maximum atomic E-state index is 9.35. The zero-order valence-corrected chi connectivity index (χ0v) is 5.91. The van der Waals surface area contributed by atoms with Crippen LogP contribution < -0.4 is 4.98 Å². The number of aromatic hydroxyl groups is 1. The molecule has 0 amide bonds. The summed E-state index contributed by atoms with van der Waals surface area (Å²) >= 11 is 0. The molecule has 2 nitrogen and oxygen atoms in total. The maximum Gasteiger partial charge on any atom is 0.214 e. The van der Waals surface area contributed by atoms with Crippen LogP contribution in [-0.2, 0) is 0 Å². The van der Waals surface area contributed by atoms with E-state index in [0.717, 1.165) is 10.9 Å². The molecule has 0 bridgehead atoms. The van der Waals surface area contributed by atoms with Gasteiger partial charge < -0.3 is 5.11 Å². The summed E-state index contributed by atoms with van der Waals surface area (Å²) in [5.74, 6) is 0.319. The van der Waals surface area contributed by atoms with Crippen molar-refractivity contribution in [3.05, 3.63) is 36.5 Å². The Balaban J connectivity index is 2.91. The Kier molecular flexibility index (Phi) is 1.25. The van der Waals surface area contributed by atoms with Crippen LogP contribution in [-0.4, -0.2) is 5.11 Å². The summed E-state index contributed by atoms with van der Waals surface area (Å²) in [5.41, 5.74) is 0.951. The minimum absolute atomic E-state index is 0.319. The first-order valence-electron chi connectivity index (χ1n) is 3.46. The standard InChI is InChI=1S/C9H7NO/c11-9-5-1-4-8-7(9)3-2-6-10-8/h1-6,11H/p+1. The molecule has 0 radical (unpaired) electrons. The van der Waals surface area contributed by atoms with Crippen molar-refractivity contribution in [3.63, 3.8) is 0 Å². The number of hydrogen-bond acceptors (Lipinski definition) is 1. The second-order valence-corrected chi connectivity index (χ2v) is 2.41. The van der Waals surface area contributed by atoms with Gasteiger partial charge in [-0.1, -0.05) is 6.07 Å². The van der Waals surface area contributed by atoms with Crippen LogP contribution in [0.5, 0.6) is 5.75 Å². The van der Waals surface area contributed by atoms with E-state index < -0.39 is 0 Å². The number of pyridine rings is 1. The van der Waals surface area contributed by atoms with E-state index in [1.165, 1.54) is 0 Å². The lowest BCUT2D eigenvalue weighted by Gasteiger charge is -1.92. The van der Waals surface area contributed by atoms with E-state index in [4.69, 9.17) is 0 Å². The molecule has 2 rings (SSSR count). The third-order valence-corrected chi connectivity index (χ3v) is 1.68.